The minimum atomic E-state index is -4.82. The maximum absolute atomic E-state index is 15.9. The standard InChI is InChI=1S/C34H29F7N6O4/c1-31(2,3)51-30(49)44-24-13-33(37,38)21-12-22(35)20(27-45-46-29(50-27)32(4,5)16-42)11-25(21)47(28(24)48)15-17-6-8-18(9-7-17)26-23(36)10-19(14-43-26)34(39,40)41/h6-12,14,24H,13,15H2,1-5H3,(H,44,49)/t24-/m0/s1. The number of nitriles is 1. The number of benzene rings is 2. The Morgan fingerprint density at radius 2 is 1.73 bits per heavy atom. The Morgan fingerprint density at radius 3 is 2.31 bits per heavy atom. The van der Waals surface area contributed by atoms with Crippen LogP contribution in [-0.4, -0.2) is 38.8 Å². The minimum Gasteiger partial charge on any atom is -0.444 e. The molecule has 0 aliphatic carbocycles. The van der Waals surface area contributed by atoms with E-state index in [1.54, 1.807) is 0 Å². The number of aromatic nitrogens is 3. The van der Waals surface area contributed by atoms with Crippen LogP contribution < -0.4 is 10.2 Å². The van der Waals surface area contributed by atoms with Crippen molar-refractivity contribution in [3.05, 3.63) is 82.9 Å². The summed E-state index contributed by atoms with van der Waals surface area (Å²) in [5, 5.41) is 19.2. The lowest BCUT2D eigenvalue weighted by Gasteiger charge is -2.27. The van der Waals surface area contributed by atoms with Crippen LogP contribution in [0.4, 0.5) is 41.2 Å². The highest BCUT2D eigenvalue weighted by Crippen LogP contribution is 2.45. The molecule has 0 fully saturated rings. The third-order valence-electron chi connectivity index (χ3n) is 7.69. The molecule has 2 amide bonds. The van der Waals surface area contributed by atoms with Gasteiger partial charge in [0.05, 0.1) is 29.4 Å². The van der Waals surface area contributed by atoms with Gasteiger partial charge in [-0.15, -0.1) is 10.2 Å². The zero-order valence-electron chi connectivity index (χ0n) is 27.6. The van der Waals surface area contributed by atoms with Gasteiger partial charge in [-0.3, -0.25) is 9.78 Å². The number of nitrogens with one attached hydrogen (secondary N) is 1. The fourth-order valence-electron chi connectivity index (χ4n) is 5.12. The molecule has 0 bridgehead atoms. The maximum atomic E-state index is 15.9. The molecule has 1 aliphatic rings. The van der Waals surface area contributed by atoms with E-state index in [1.807, 2.05) is 6.07 Å². The van der Waals surface area contributed by atoms with Gasteiger partial charge in [0.2, 0.25) is 11.8 Å². The quantitative estimate of drug-likeness (QED) is 0.200. The molecule has 2 aromatic heterocycles. The highest BCUT2D eigenvalue weighted by Gasteiger charge is 2.47. The van der Waals surface area contributed by atoms with Gasteiger partial charge in [0.15, 0.2) is 0 Å². The molecule has 0 spiro atoms. The molecule has 3 heterocycles. The van der Waals surface area contributed by atoms with Crippen molar-refractivity contribution in [1.82, 2.24) is 20.5 Å². The third kappa shape index (κ3) is 7.79. The van der Waals surface area contributed by atoms with E-state index in [-0.39, 0.29) is 17.0 Å². The van der Waals surface area contributed by atoms with Crippen molar-refractivity contribution in [3.63, 3.8) is 0 Å². The predicted molar refractivity (Wildman–Crippen MR) is 166 cm³/mol. The molecule has 0 radical (unpaired) electrons. The Kier molecular flexibility index (Phi) is 9.35. The first-order chi connectivity index (χ1) is 23.6. The highest BCUT2D eigenvalue weighted by atomic mass is 19.4. The van der Waals surface area contributed by atoms with Crippen molar-refractivity contribution in [2.45, 2.75) is 76.7 Å². The van der Waals surface area contributed by atoms with Crippen LogP contribution in [0.2, 0.25) is 0 Å². The van der Waals surface area contributed by atoms with Crippen LogP contribution in [-0.2, 0) is 33.6 Å². The normalized spacial score (nSPS) is 16.3. The number of alkyl halides is 5. The van der Waals surface area contributed by atoms with Gasteiger partial charge in [-0.2, -0.15) is 18.4 Å². The molecule has 4 aromatic rings. The number of carbonyl (C=O) groups is 2. The minimum absolute atomic E-state index is 0.0698. The van der Waals surface area contributed by atoms with Crippen LogP contribution >= 0.6 is 0 Å². The number of amides is 2. The van der Waals surface area contributed by atoms with E-state index in [0.717, 1.165) is 11.0 Å². The third-order valence-corrected chi connectivity index (χ3v) is 7.69. The topological polar surface area (TPSA) is 134 Å². The van der Waals surface area contributed by atoms with Gasteiger partial charge in [-0.25, -0.2) is 22.4 Å². The number of hydrogen-bond acceptors (Lipinski definition) is 8. The Labute approximate surface area is 286 Å². The molecule has 1 N–H and O–H groups in total. The van der Waals surface area contributed by atoms with Crippen molar-refractivity contribution in [2.24, 2.45) is 0 Å². The molecular formula is C34H29F7N6O4. The molecule has 0 unspecified atom stereocenters. The molecule has 1 aliphatic heterocycles. The van der Waals surface area contributed by atoms with Crippen LogP contribution in [0.5, 0.6) is 0 Å². The maximum Gasteiger partial charge on any atom is 0.417 e. The van der Waals surface area contributed by atoms with Gasteiger partial charge in [0.25, 0.3) is 11.8 Å². The second kappa shape index (κ2) is 13.0. The molecule has 51 heavy (non-hydrogen) atoms. The molecule has 2 aromatic carbocycles. The molecule has 268 valence electrons. The second-order valence-corrected chi connectivity index (χ2v) is 13.3. The van der Waals surface area contributed by atoms with E-state index in [9.17, 15) is 32.4 Å². The van der Waals surface area contributed by atoms with Gasteiger partial charge in [-0.05, 0) is 58.4 Å². The van der Waals surface area contributed by atoms with E-state index in [0.29, 0.717) is 18.3 Å². The number of fused-ring (bicyclic) bond motifs is 1. The van der Waals surface area contributed by atoms with Gasteiger partial charge in [0, 0.05) is 23.7 Å². The summed E-state index contributed by atoms with van der Waals surface area (Å²) in [5.41, 5.74) is -5.54. The number of pyridine rings is 1. The fourth-order valence-corrected chi connectivity index (χ4v) is 5.12. The van der Waals surface area contributed by atoms with Gasteiger partial charge >= 0.3 is 12.3 Å². The molecule has 10 nitrogen and oxygen atoms in total. The van der Waals surface area contributed by atoms with Crippen molar-refractivity contribution < 1.29 is 49.5 Å². The summed E-state index contributed by atoms with van der Waals surface area (Å²) in [6.45, 7) is 7.05. The molecule has 0 saturated heterocycles. The number of halogens is 7. The molecule has 1 atom stereocenters. The predicted octanol–water partition coefficient (Wildman–Crippen LogP) is 7.82. The average Bonchev–Trinajstić information content (AvgIpc) is 3.51. The van der Waals surface area contributed by atoms with E-state index < -0.39 is 99.7 Å². The van der Waals surface area contributed by atoms with E-state index in [2.05, 4.69) is 20.5 Å². The number of carbonyl (C=O) groups excluding carboxylic acids is 2. The molecule has 5 rings (SSSR count). The van der Waals surface area contributed by atoms with Crippen LogP contribution in [0.1, 0.15) is 63.6 Å². The Bertz CT molecular complexity index is 2030. The molecular weight excluding hydrogens is 689 g/mol. The van der Waals surface area contributed by atoms with Crippen LogP contribution in [0, 0.1) is 23.0 Å². The number of anilines is 1. The largest absolute Gasteiger partial charge is 0.444 e. The summed E-state index contributed by atoms with van der Waals surface area (Å²) in [7, 11) is 0. The summed E-state index contributed by atoms with van der Waals surface area (Å²) in [4.78, 5) is 31.2. The van der Waals surface area contributed by atoms with Gasteiger partial charge in [-0.1, -0.05) is 24.3 Å². The SMILES string of the molecule is CC(C)(C)OC(=O)N[C@H]1CC(F)(F)c2cc(F)c(-c3nnc(C(C)(C)C#N)o3)cc2N(Cc2ccc(-c3ncc(C(F)(F)F)cc3F)cc2)C1=O. The van der Waals surface area contributed by atoms with Crippen LogP contribution in [0.3, 0.4) is 0 Å². The lowest BCUT2D eigenvalue weighted by molar-refractivity contribution is -0.138. The lowest BCUT2D eigenvalue weighted by Crippen LogP contribution is -2.49. The summed E-state index contributed by atoms with van der Waals surface area (Å²) in [5.74, 6) is -8.03. The van der Waals surface area contributed by atoms with E-state index in [1.165, 1.54) is 58.9 Å². The first-order valence-electron chi connectivity index (χ1n) is 15.2. The zero-order valence-corrected chi connectivity index (χ0v) is 27.6. The van der Waals surface area contributed by atoms with E-state index >= 15 is 13.2 Å². The average molecular weight is 719 g/mol. The monoisotopic (exact) mass is 718 g/mol. The van der Waals surface area contributed by atoms with Crippen molar-refractivity contribution in [2.75, 3.05) is 4.90 Å². The highest BCUT2D eigenvalue weighted by molar-refractivity contribution is 6.01. The smallest absolute Gasteiger partial charge is 0.417 e. The van der Waals surface area contributed by atoms with Gasteiger partial charge in [0.1, 0.15) is 34.4 Å². The van der Waals surface area contributed by atoms with Crippen molar-refractivity contribution in [1.29, 1.82) is 5.26 Å². The van der Waals surface area contributed by atoms with Crippen molar-refractivity contribution >= 4 is 17.7 Å². The Balaban J connectivity index is 1.58. The first kappa shape index (κ1) is 36.7. The summed E-state index contributed by atoms with van der Waals surface area (Å²) in [6.07, 6.45) is -6.78. The van der Waals surface area contributed by atoms with Crippen LogP contribution in [0.25, 0.3) is 22.7 Å². The Morgan fingerprint density at radius 1 is 1.06 bits per heavy atom. The van der Waals surface area contributed by atoms with Gasteiger partial charge < -0.3 is 19.4 Å². The van der Waals surface area contributed by atoms with E-state index in [4.69, 9.17) is 9.15 Å². The Hall–Kier alpha value is -5.53. The number of rotatable bonds is 6. The summed E-state index contributed by atoms with van der Waals surface area (Å²) >= 11 is 0. The fraction of sp³-hybridized carbons (Fsp3) is 0.353. The lowest BCUT2D eigenvalue weighted by atomic mass is 9.96. The molecule has 17 heteroatoms. The number of hydrogen-bond donors (Lipinski definition) is 1. The number of ether oxygens (including phenoxy) is 1. The molecule has 0 saturated carbocycles. The number of alkyl carbamates (subject to hydrolysis) is 1. The zero-order chi connectivity index (χ0) is 37.7. The first-order valence-corrected chi connectivity index (χ1v) is 15.2. The number of nitrogens with zero attached hydrogens (tertiary/aromatic N) is 5. The summed E-state index contributed by atoms with van der Waals surface area (Å²) in [6, 6.07) is 7.13. The van der Waals surface area contributed by atoms with Crippen LogP contribution in [0.15, 0.2) is 53.1 Å². The van der Waals surface area contributed by atoms with Crippen molar-refractivity contribution in [3.8, 4) is 28.8 Å². The summed E-state index contributed by atoms with van der Waals surface area (Å²) < 4.78 is 112. The second-order valence-electron chi connectivity index (χ2n) is 13.3.